The molecule has 0 aliphatic heterocycles. The van der Waals surface area contributed by atoms with E-state index in [1.54, 1.807) is 23.9 Å². The van der Waals surface area contributed by atoms with Gasteiger partial charge in [-0.15, -0.1) is 10.2 Å². The van der Waals surface area contributed by atoms with E-state index in [1.807, 2.05) is 42.8 Å². The standard InChI is InChI=1S/C18H18N4O2S/c1-13(15-9-6-10-16(12-15)22(23)24)25-18-20-19-17(21(18)2)11-14-7-4-3-5-8-14/h3-10,12-13H,11H2,1-2H3/t13-/m1/s1. The summed E-state index contributed by atoms with van der Waals surface area (Å²) in [5.41, 5.74) is 2.18. The van der Waals surface area contributed by atoms with Crippen LogP contribution < -0.4 is 0 Å². The largest absolute Gasteiger partial charge is 0.309 e. The molecule has 25 heavy (non-hydrogen) atoms. The number of aromatic nitrogens is 3. The number of benzene rings is 2. The molecule has 128 valence electrons. The second-order valence-corrected chi connectivity index (χ2v) is 7.04. The van der Waals surface area contributed by atoms with Crippen LogP contribution in [0.4, 0.5) is 5.69 Å². The summed E-state index contributed by atoms with van der Waals surface area (Å²) in [6.45, 7) is 2.01. The predicted molar refractivity (Wildman–Crippen MR) is 97.6 cm³/mol. The van der Waals surface area contributed by atoms with Crippen LogP contribution in [0.2, 0.25) is 0 Å². The molecule has 1 atom stereocenters. The van der Waals surface area contributed by atoms with Crippen LogP contribution in [0.15, 0.2) is 59.8 Å². The molecule has 0 fully saturated rings. The number of non-ortho nitro benzene ring substituents is 1. The Morgan fingerprint density at radius 1 is 1.16 bits per heavy atom. The van der Waals surface area contributed by atoms with Gasteiger partial charge in [-0.1, -0.05) is 54.2 Å². The Hall–Kier alpha value is -2.67. The monoisotopic (exact) mass is 354 g/mol. The number of hydrogen-bond acceptors (Lipinski definition) is 5. The number of rotatable bonds is 6. The van der Waals surface area contributed by atoms with Gasteiger partial charge in [-0.25, -0.2) is 0 Å². The Morgan fingerprint density at radius 2 is 1.92 bits per heavy atom. The van der Waals surface area contributed by atoms with E-state index < -0.39 is 0 Å². The highest BCUT2D eigenvalue weighted by Crippen LogP contribution is 2.35. The van der Waals surface area contributed by atoms with Crippen molar-refractivity contribution >= 4 is 17.4 Å². The Kier molecular flexibility index (Phi) is 5.14. The molecule has 2 aromatic carbocycles. The first kappa shape index (κ1) is 17.2. The molecule has 0 N–H and O–H groups in total. The lowest BCUT2D eigenvalue weighted by molar-refractivity contribution is -0.384. The van der Waals surface area contributed by atoms with E-state index in [4.69, 9.17) is 0 Å². The fraction of sp³-hybridized carbons (Fsp3) is 0.222. The van der Waals surface area contributed by atoms with Gasteiger partial charge in [-0.05, 0) is 18.1 Å². The molecule has 1 heterocycles. The number of nitrogens with zero attached hydrogens (tertiary/aromatic N) is 4. The van der Waals surface area contributed by atoms with E-state index in [-0.39, 0.29) is 15.9 Å². The molecule has 6 nitrogen and oxygen atoms in total. The zero-order valence-corrected chi connectivity index (χ0v) is 14.8. The van der Waals surface area contributed by atoms with Gasteiger partial charge >= 0.3 is 0 Å². The van der Waals surface area contributed by atoms with E-state index in [0.717, 1.165) is 23.0 Å². The fourth-order valence-corrected chi connectivity index (χ4v) is 3.45. The van der Waals surface area contributed by atoms with Crippen LogP contribution in [-0.2, 0) is 13.5 Å². The second-order valence-electron chi connectivity index (χ2n) is 5.73. The van der Waals surface area contributed by atoms with E-state index in [9.17, 15) is 10.1 Å². The summed E-state index contributed by atoms with van der Waals surface area (Å²) < 4.78 is 1.98. The molecule has 1 aromatic heterocycles. The van der Waals surface area contributed by atoms with Crippen molar-refractivity contribution in [2.75, 3.05) is 0 Å². The molecule has 0 saturated heterocycles. The lowest BCUT2D eigenvalue weighted by Gasteiger charge is -2.11. The molecule has 0 aliphatic rings. The molecular formula is C18H18N4O2S. The Labute approximate surface area is 150 Å². The minimum Gasteiger partial charge on any atom is -0.309 e. The molecule has 7 heteroatoms. The quantitative estimate of drug-likeness (QED) is 0.377. The van der Waals surface area contributed by atoms with Crippen LogP contribution in [0.1, 0.15) is 29.1 Å². The maximum Gasteiger partial charge on any atom is 0.269 e. The Bertz CT molecular complexity index is 880. The minimum absolute atomic E-state index is 0.0346. The zero-order chi connectivity index (χ0) is 17.8. The first-order valence-electron chi connectivity index (χ1n) is 7.88. The molecule has 3 aromatic rings. The second kappa shape index (κ2) is 7.48. The molecule has 0 spiro atoms. The van der Waals surface area contributed by atoms with Crippen LogP contribution in [0.5, 0.6) is 0 Å². The minimum atomic E-state index is -0.374. The van der Waals surface area contributed by atoms with E-state index >= 15 is 0 Å². The van der Waals surface area contributed by atoms with Crippen molar-refractivity contribution in [3.05, 3.63) is 81.7 Å². The van der Waals surface area contributed by atoms with Gasteiger partial charge in [0.05, 0.1) is 4.92 Å². The van der Waals surface area contributed by atoms with E-state index in [2.05, 4.69) is 22.3 Å². The van der Waals surface area contributed by atoms with Crippen molar-refractivity contribution in [2.24, 2.45) is 7.05 Å². The van der Waals surface area contributed by atoms with Crippen LogP contribution in [-0.4, -0.2) is 19.7 Å². The van der Waals surface area contributed by atoms with Gasteiger partial charge in [0.25, 0.3) is 5.69 Å². The maximum absolute atomic E-state index is 10.9. The van der Waals surface area contributed by atoms with Crippen LogP contribution >= 0.6 is 11.8 Å². The van der Waals surface area contributed by atoms with Crippen LogP contribution in [0.3, 0.4) is 0 Å². The average molecular weight is 354 g/mol. The first-order chi connectivity index (χ1) is 12.0. The molecule has 0 saturated carbocycles. The highest BCUT2D eigenvalue weighted by atomic mass is 32.2. The van der Waals surface area contributed by atoms with Crippen molar-refractivity contribution in [1.82, 2.24) is 14.8 Å². The van der Waals surface area contributed by atoms with Gasteiger partial charge in [0.15, 0.2) is 5.16 Å². The molecule has 0 radical (unpaired) electrons. The highest BCUT2D eigenvalue weighted by Gasteiger charge is 2.16. The molecule has 0 bridgehead atoms. The molecule has 0 aliphatic carbocycles. The van der Waals surface area contributed by atoms with Gasteiger partial charge in [-0.2, -0.15) is 0 Å². The maximum atomic E-state index is 10.9. The molecule has 3 rings (SSSR count). The molecule has 0 unspecified atom stereocenters. The lowest BCUT2D eigenvalue weighted by Crippen LogP contribution is -2.01. The van der Waals surface area contributed by atoms with Gasteiger partial charge < -0.3 is 4.57 Å². The van der Waals surface area contributed by atoms with Gasteiger partial charge in [0.1, 0.15) is 5.82 Å². The van der Waals surface area contributed by atoms with E-state index in [0.29, 0.717) is 0 Å². The lowest BCUT2D eigenvalue weighted by atomic mass is 10.1. The van der Waals surface area contributed by atoms with Gasteiger partial charge in [0, 0.05) is 30.9 Å². The Morgan fingerprint density at radius 3 is 2.64 bits per heavy atom. The molecular weight excluding hydrogens is 336 g/mol. The van der Waals surface area contributed by atoms with Crippen molar-refractivity contribution in [2.45, 2.75) is 23.8 Å². The summed E-state index contributed by atoms with van der Waals surface area (Å²) in [6, 6.07) is 16.8. The summed E-state index contributed by atoms with van der Waals surface area (Å²) in [4.78, 5) is 10.6. The summed E-state index contributed by atoms with van der Waals surface area (Å²) >= 11 is 1.54. The summed E-state index contributed by atoms with van der Waals surface area (Å²) in [6.07, 6.45) is 0.718. The topological polar surface area (TPSA) is 73.8 Å². The summed E-state index contributed by atoms with van der Waals surface area (Å²) in [5.74, 6) is 0.889. The third-order valence-corrected chi connectivity index (χ3v) is 5.15. The fourth-order valence-electron chi connectivity index (χ4n) is 2.50. The predicted octanol–water partition coefficient (Wildman–Crippen LogP) is 4.17. The SMILES string of the molecule is C[C@@H](Sc1nnc(Cc2ccccc2)n1C)c1cccc([N+](=O)[O-])c1. The highest BCUT2D eigenvalue weighted by molar-refractivity contribution is 7.99. The normalized spacial score (nSPS) is 12.1. The van der Waals surface area contributed by atoms with Gasteiger partial charge in [0.2, 0.25) is 0 Å². The Balaban J connectivity index is 1.75. The van der Waals surface area contributed by atoms with Crippen molar-refractivity contribution in [1.29, 1.82) is 0 Å². The zero-order valence-electron chi connectivity index (χ0n) is 14.0. The number of nitro groups is 1. The number of nitro benzene ring substituents is 1. The van der Waals surface area contributed by atoms with Gasteiger partial charge in [-0.3, -0.25) is 10.1 Å². The van der Waals surface area contributed by atoms with E-state index in [1.165, 1.54) is 11.6 Å². The van der Waals surface area contributed by atoms with Crippen molar-refractivity contribution in [3.63, 3.8) is 0 Å². The first-order valence-corrected chi connectivity index (χ1v) is 8.76. The average Bonchev–Trinajstić information content (AvgIpc) is 2.96. The van der Waals surface area contributed by atoms with Crippen molar-refractivity contribution in [3.8, 4) is 0 Å². The van der Waals surface area contributed by atoms with Crippen LogP contribution in [0.25, 0.3) is 0 Å². The summed E-state index contributed by atoms with van der Waals surface area (Å²) in [7, 11) is 1.95. The summed E-state index contributed by atoms with van der Waals surface area (Å²) in [5, 5.41) is 20.3. The third-order valence-electron chi connectivity index (χ3n) is 3.96. The van der Waals surface area contributed by atoms with Crippen LogP contribution in [0, 0.1) is 10.1 Å². The van der Waals surface area contributed by atoms with Crippen molar-refractivity contribution < 1.29 is 4.92 Å². The smallest absolute Gasteiger partial charge is 0.269 e. The third kappa shape index (κ3) is 4.06. The number of thioether (sulfide) groups is 1. The number of hydrogen-bond donors (Lipinski definition) is 0. The molecule has 0 amide bonds.